The van der Waals surface area contributed by atoms with E-state index >= 15 is 0 Å². The van der Waals surface area contributed by atoms with Crippen molar-refractivity contribution in [3.05, 3.63) is 52.3 Å². The molecule has 0 bridgehead atoms. The Morgan fingerprint density at radius 2 is 2.28 bits per heavy atom. The third kappa shape index (κ3) is 3.17. The van der Waals surface area contributed by atoms with E-state index in [9.17, 15) is 4.39 Å². The number of methoxy groups -OCH3 is 1. The van der Waals surface area contributed by atoms with Crippen molar-refractivity contribution in [1.29, 1.82) is 0 Å². The topological polar surface area (TPSA) is 27.1 Å². The zero-order valence-electron chi connectivity index (χ0n) is 10.1. The lowest BCUT2D eigenvalue weighted by atomic mass is 10.2. The first-order chi connectivity index (χ1) is 8.70. The van der Waals surface area contributed by atoms with Crippen LogP contribution in [0.4, 0.5) is 4.39 Å². The average molecular weight is 313 g/mol. The van der Waals surface area contributed by atoms with Crippen molar-refractivity contribution in [2.75, 3.05) is 13.7 Å². The Morgan fingerprint density at radius 1 is 1.44 bits per heavy atom. The van der Waals surface area contributed by atoms with Crippen LogP contribution in [0.3, 0.4) is 0 Å². The molecule has 0 amide bonds. The Balaban J connectivity index is 2.13. The number of imidazole rings is 1. The molecule has 2 rings (SSSR count). The third-order valence-electron chi connectivity index (χ3n) is 2.67. The molecule has 1 aromatic heterocycles. The first-order valence-electron chi connectivity index (χ1n) is 5.63. The molecule has 0 aliphatic rings. The van der Waals surface area contributed by atoms with Crippen molar-refractivity contribution in [2.24, 2.45) is 0 Å². The van der Waals surface area contributed by atoms with Gasteiger partial charge in [0.15, 0.2) is 0 Å². The van der Waals surface area contributed by atoms with Gasteiger partial charge in [-0.3, -0.25) is 0 Å². The monoisotopic (exact) mass is 312 g/mol. The zero-order chi connectivity index (χ0) is 13.0. The third-order valence-corrected chi connectivity index (χ3v) is 3.28. The van der Waals surface area contributed by atoms with Crippen LogP contribution >= 0.6 is 15.9 Å². The highest BCUT2D eigenvalue weighted by Crippen LogP contribution is 2.18. The van der Waals surface area contributed by atoms with E-state index in [0.29, 0.717) is 17.6 Å². The summed E-state index contributed by atoms with van der Waals surface area (Å²) < 4.78 is 20.7. The van der Waals surface area contributed by atoms with Crippen LogP contribution in [0.2, 0.25) is 0 Å². The van der Waals surface area contributed by atoms with Gasteiger partial charge in [0.25, 0.3) is 0 Å². The second kappa shape index (κ2) is 6.11. The number of halogens is 2. The van der Waals surface area contributed by atoms with Gasteiger partial charge in [-0.2, -0.15) is 0 Å². The Bertz CT molecular complexity index is 527. The predicted molar refractivity (Wildman–Crippen MR) is 71.0 cm³/mol. The first-order valence-corrected chi connectivity index (χ1v) is 6.43. The highest BCUT2D eigenvalue weighted by atomic mass is 79.9. The van der Waals surface area contributed by atoms with Gasteiger partial charge in [-0.1, -0.05) is 6.07 Å². The molecule has 0 aliphatic heterocycles. The fourth-order valence-electron chi connectivity index (χ4n) is 1.74. The number of ether oxygens (including phenoxy) is 1. The number of hydrogen-bond acceptors (Lipinski definition) is 2. The molecule has 1 aromatic carbocycles. The van der Waals surface area contributed by atoms with E-state index in [0.717, 1.165) is 17.8 Å². The maximum absolute atomic E-state index is 13.1. The molecule has 2 aromatic rings. The fourth-order valence-corrected chi connectivity index (χ4v) is 2.17. The van der Waals surface area contributed by atoms with Gasteiger partial charge in [0.2, 0.25) is 0 Å². The van der Waals surface area contributed by atoms with Crippen LogP contribution in [0.15, 0.2) is 35.1 Å². The van der Waals surface area contributed by atoms with E-state index < -0.39 is 0 Å². The van der Waals surface area contributed by atoms with E-state index in [1.807, 2.05) is 10.8 Å². The van der Waals surface area contributed by atoms with Gasteiger partial charge in [0.1, 0.15) is 11.6 Å². The molecule has 0 fully saturated rings. The lowest BCUT2D eigenvalue weighted by molar-refractivity contribution is 0.199. The summed E-state index contributed by atoms with van der Waals surface area (Å²) in [6, 6.07) is 5.03. The van der Waals surface area contributed by atoms with Gasteiger partial charge >= 0.3 is 0 Å². The van der Waals surface area contributed by atoms with Crippen molar-refractivity contribution in [2.45, 2.75) is 13.0 Å². The summed E-state index contributed by atoms with van der Waals surface area (Å²) in [5.74, 6) is 0.723. The standard InChI is InChI=1S/C13H14BrFN2O/c1-18-7-4-13-16-5-6-17(13)9-10-2-3-12(15)11(14)8-10/h2-3,5-6,8H,4,7,9H2,1H3. The molecule has 0 unspecified atom stereocenters. The smallest absolute Gasteiger partial charge is 0.137 e. The molecule has 0 N–H and O–H groups in total. The molecule has 96 valence electrons. The molecular formula is C13H14BrFN2O. The van der Waals surface area contributed by atoms with Crippen LogP contribution < -0.4 is 0 Å². The molecule has 0 spiro atoms. The second-order valence-corrected chi connectivity index (χ2v) is 4.82. The van der Waals surface area contributed by atoms with Gasteiger partial charge in [-0.05, 0) is 33.6 Å². The van der Waals surface area contributed by atoms with Crippen LogP contribution in [-0.4, -0.2) is 23.3 Å². The van der Waals surface area contributed by atoms with Gasteiger partial charge in [-0.15, -0.1) is 0 Å². The van der Waals surface area contributed by atoms with Crippen molar-refractivity contribution >= 4 is 15.9 Å². The minimum absolute atomic E-state index is 0.246. The largest absolute Gasteiger partial charge is 0.384 e. The highest BCUT2D eigenvalue weighted by Gasteiger charge is 2.05. The number of nitrogens with zero attached hydrogens (tertiary/aromatic N) is 2. The molecule has 0 radical (unpaired) electrons. The molecule has 5 heteroatoms. The molecular weight excluding hydrogens is 299 g/mol. The van der Waals surface area contributed by atoms with Gasteiger partial charge in [0.05, 0.1) is 11.1 Å². The maximum atomic E-state index is 13.1. The number of hydrogen-bond donors (Lipinski definition) is 0. The van der Waals surface area contributed by atoms with E-state index in [-0.39, 0.29) is 5.82 Å². The minimum Gasteiger partial charge on any atom is -0.384 e. The molecule has 18 heavy (non-hydrogen) atoms. The summed E-state index contributed by atoms with van der Waals surface area (Å²) in [5.41, 5.74) is 1.03. The summed E-state index contributed by atoms with van der Waals surface area (Å²) in [5, 5.41) is 0. The number of benzene rings is 1. The SMILES string of the molecule is COCCc1nccn1Cc1ccc(F)c(Br)c1. The van der Waals surface area contributed by atoms with E-state index in [1.165, 1.54) is 6.07 Å². The van der Waals surface area contributed by atoms with E-state index in [2.05, 4.69) is 20.9 Å². The molecule has 0 aliphatic carbocycles. The molecule has 0 saturated heterocycles. The van der Waals surface area contributed by atoms with Crippen LogP contribution in [0.25, 0.3) is 0 Å². The van der Waals surface area contributed by atoms with Crippen LogP contribution in [0.5, 0.6) is 0 Å². The molecule has 0 atom stereocenters. The number of rotatable bonds is 5. The quantitative estimate of drug-likeness (QED) is 0.848. The zero-order valence-corrected chi connectivity index (χ0v) is 11.7. The van der Waals surface area contributed by atoms with Crippen molar-refractivity contribution in [1.82, 2.24) is 9.55 Å². The fraction of sp³-hybridized carbons (Fsp3) is 0.308. The molecule has 1 heterocycles. The predicted octanol–water partition coefficient (Wildman–Crippen LogP) is 3.02. The summed E-state index contributed by atoms with van der Waals surface area (Å²) in [6.07, 6.45) is 4.46. The van der Waals surface area contributed by atoms with Crippen molar-refractivity contribution < 1.29 is 9.13 Å². The summed E-state index contributed by atoms with van der Waals surface area (Å²) >= 11 is 3.19. The Morgan fingerprint density at radius 3 is 3.00 bits per heavy atom. The van der Waals surface area contributed by atoms with Crippen molar-refractivity contribution in [3.8, 4) is 0 Å². The van der Waals surface area contributed by atoms with Crippen LogP contribution in [0, 0.1) is 5.82 Å². The average Bonchev–Trinajstić information content (AvgIpc) is 2.79. The van der Waals surface area contributed by atoms with Gasteiger partial charge < -0.3 is 9.30 Å². The van der Waals surface area contributed by atoms with Gasteiger partial charge in [0, 0.05) is 32.5 Å². The van der Waals surface area contributed by atoms with E-state index in [1.54, 1.807) is 25.4 Å². The van der Waals surface area contributed by atoms with E-state index in [4.69, 9.17) is 4.74 Å². The summed E-state index contributed by atoms with van der Waals surface area (Å²) in [6.45, 7) is 1.32. The Hall–Kier alpha value is -1.20. The van der Waals surface area contributed by atoms with Crippen molar-refractivity contribution in [3.63, 3.8) is 0 Å². The first kappa shape index (κ1) is 13.2. The lowest BCUT2D eigenvalue weighted by Gasteiger charge is -2.08. The molecule has 0 saturated carbocycles. The Kier molecular flexibility index (Phi) is 4.49. The maximum Gasteiger partial charge on any atom is 0.137 e. The van der Waals surface area contributed by atoms with Crippen LogP contribution in [-0.2, 0) is 17.7 Å². The minimum atomic E-state index is -0.246. The second-order valence-electron chi connectivity index (χ2n) is 3.96. The highest BCUT2D eigenvalue weighted by molar-refractivity contribution is 9.10. The number of aromatic nitrogens is 2. The van der Waals surface area contributed by atoms with Crippen LogP contribution in [0.1, 0.15) is 11.4 Å². The molecule has 3 nitrogen and oxygen atoms in total. The normalized spacial score (nSPS) is 10.8. The van der Waals surface area contributed by atoms with Gasteiger partial charge in [-0.25, -0.2) is 9.37 Å². The summed E-state index contributed by atoms with van der Waals surface area (Å²) in [7, 11) is 1.67. The lowest BCUT2D eigenvalue weighted by Crippen LogP contribution is -2.07. The Labute approximate surface area is 114 Å². The summed E-state index contributed by atoms with van der Waals surface area (Å²) in [4.78, 5) is 4.29.